The number of hydrogen-bond acceptors (Lipinski definition) is 5. The summed E-state index contributed by atoms with van der Waals surface area (Å²) < 4.78 is 4.11. The van der Waals surface area contributed by atoms with Crippen molar-refractivity contribution < 1.29 is 19.5 Å². The lowest BCUT2D eigenvalue weighted by atomic mass is 9.98. The molecule has 0 amide bonds. The third kappa shape index (κ3) is 1.89. The zero-order chi connectivity index (χ0) is 8.15. The van der Waals surface area contributed by atoms with Gasteiger partial charge in [-0.15, -0.1) is 0 Å². The molecule has 1 N–H and O–H groups in total. The minimum Gasteiger partial charge on any atom is -0.464 e. The Balaban J connectivity index is 4.39. The molecule has 54 valence electrons. The van der Waals surface area contributed by atoms with Gasteiger partial charge in [0.1, 0.15) is 5.68 Å². The van der Waals surface area contributed by atoms with Gasteiger partial charge in [-0.25, -0.2) is 4.79 Å². The summed E-state index contributed by atoms with van der Waals surface area (Å²) in [6.45, 7) is 0. The highest BCUT2D eigenvalue weighted by Gasteiger charge is 2.16. The number of esters is 1. The van der Waals surface area contributed by atoms with Crippen LogP contribution in [0.2, 0.25) is 0 Å². The van der Waals surface area contributed by atoms with Crippen LogP contribution in [0.25, 0.3) is 0 Å². The first-order valence-corrected chi connectivity index (χ1v) is 2.44. The lowest BCUT2D eigenvalue weighted by Crippen LogP contribution is -2.25. The van der Waals surface area contributed by atoms with Crippen LogP contribution in [0.5, 0.6) is 0 Å². The first kappa shape index (κ1) is 8.67. The number of methoxy groups -OCH3 is 1. The molecule has 10 heavy (non-hydrogen) atoms. The highest BCUT2D eigenvalue weighted by atomic mass is 16.5. The van der Waals surface area contributed by atoms with Crippen molar-refractivity contribution in [3.8, 4) is 0 Å². The molecular weight excluding hydrogens is 137 g/mol. The average Bonchev–Trinajstić information content (AvgIpc) is 1.88. The first-order valence-electron chi connectivity index (χ1n) is 2.44. The van der Waals surface area contributed by atoms with Crippen molar-refractivity contribution in [2.45, 2.75) is 0 Å². The SMILES string of the molecule is BC(=O)/C(=N/O)C(=O)OC. The summed E-state index contributed by atoms with van der Waals surface area (Å²) in [4.78, 5) is 20.8. The highest BCUT2D eigenvalue weighted by Crippen LogP contribution is 1.81. The number of ether oxygens (including phenoxy) is 1. The van der Waals surface area contributed by atoms with Gasteiger partial charge in [-0.2, -0.15) is 0 Å². The molecule has 5 nitrogen and oxygen atoms in total. The van der Waals surface area contributed by atoms with Crippen LogP contribution in [0.1, 0.15) is 0 Å². The van der Waals surface area contributed by atoms with Gasteiger partial charge in [0.25, 0.3) is 0 Å². The van der Waals surface area contributed by atoms with Gasteiger partial charge in [-0.1, -0.05) is 5.16 Å². The van der Waals surface area contributed by atoms with Crippen molar-refractivity contribution in [3.05, 3.63) is 0 Å². The fraction of sp³-hybridized carbons (Fsp3) is 0.250. The Labute approximate surface area is 58.1 Å². The van der Waals surface area contributed by atoms with E-state index < -0.39 is 17.4 Å². The largest absolute Gasteiger partial charge is 0.464 e. The fourth-order valence-electron chi connectivity index (χ4n) is 0.352. The summed E-state index contributed by atoms with van der Waals surface area (Å²) in [6.07, 6.45) is 0. The van der Waals surface area contributed by atoms with Gasteiger partial charge in [0.2, 0.25) is 5.71 Å². The van der Waals surface area contributed by atoms with Gasteiger partial charge < -0.3 is 14.7 Å². The van der Waals surface area contributed by atoms with Crippen molar-refractivity contribution in [1.82, 2.24) is 0 Å². The Morgan fingerprint density at radius 2 is 2.10 bits per heavy atom. The molecule has 0 aromatic carbocycles. The molecule has 0 aromatic rings. The van der Waals surface area contributed by atoms with E-state index in [2.05, 4.69) is 9.89 Å². The molecule has 0 aromatic heterocycles. The lowest BCUT2D eigenvalue weighted by molar-refractivity contribution is -0.133. The van der Waals surface area contributed by atoms with Crippen LogP contribution in [0, 0.1) is 0 Å². The van der Waals surface area contributed by atoms with E-state index in [0.717, 1.165) is 15.0 Å². The first-order chi connectivity index (χ1) is 4.63. The number of oxime groups is 1. The second kappa shape index (κ2) is 3.65. The second-order valence-electron chi connectivity index (χ2n) is 1.50. The standard InChI is InChI=1S/C4H6BNO4/c1-10-4(8)2(6-9)3(5)7/h9H,5H2,1H3/b6-2-. The quantitative estimate of drug-likeness (QED) is 0.123. The van der Waals surface area contributed by atoms with E-state index in [0.29, 0.717) is 0 Å². The summed E-state index contributed by atoms with van der Waals surface area (Å²) in [6, 6.07) is 0. The van der Waals surface area contributed by atoms with Crippen molar-refractivity contribution >= 4 is 25.2 Å². The Bertz CT molecular complexity index is 188. The number of hydrogen-bond donors (Lipinski definition) is 1. The average molecular weight is 143 g/mol. The molecule has 0 fully saturated rings. The van der Waals surface area contributed by atoms with Crippen molar-refractivity contribution in [2.75, 3.05) is 7.11 Å². The third-order valence-corrected chi connectivity index (χ3v) is 0.812. The van der Waals surface area contributed by atoms with Gasteiger partial charge in [0.05, 0.1) is 7.11 Å². The zero-order valence-electron chi connectivity index (χ0n) is 5.62. The summed E-state index contributed by atoms with van der Waals surface area (Å²) in [5.74, 6) is -0.935. The van der Waals surface area contributed by atoms with E-state index in [-0.39, 0.29) is 0 Å². The molecule has 0 atom stereocenters. The van der Waals surface area contributed by atoms with Gasteiger partial charge in [0, 0.05) is 0 Å². The van der Waals surface area contributed by atoms with E-state index in [1.165, 1.54) is 0 Å². The fourth-order valence-corrected chi connectivity index (χ4v) is 0.352. The number of rotatable bonds is 2. The van der Waals surface area contributed by atoms with Crippen LogP contribution in [-0.4, -0.2) is 37.5 Å². The zero-order valence-corrected chi connectivity index (χ0v) is 5.62. The number of carbonyl (C=O) groups excluding carboxylic acids is 2. The van der Waals surface area contributed by atoms with Crippen LogP contribution >= 0.6 is 0 Å². The van der Waals surface area contributed by atoms with Crippen LogP contribution in [0.15, 0.2) is 5.16 Å². The van der Waals surface area contributed by atoms with E-state index in [1.54, 1.807) is 0 Å². The van der Waals surface area contributed by atoms with Gasteiger partial charge >= 0.3 is 5.97 Å². The molecule has 0 saturated heterocycles. The number of nitrogens with zero attached hydrogens (tertiary/aromatic N) is 1. The predicted molar refractivity (Wildman–Crippen MR) is 34.8 cm³/mol. The molecule has 0 radical (unpaired) electrons. The van der Waals surface area contributed by atoms with Crippen LogP contribution < -0.4 is 0 Å². The molecule has 6 heteroatoms. The molecule has 0 spiro atoms. The van der Waals surface area contributed by atoms with E-state index in [9.17, 15) is 9.59 Å². The van der Waals surface area contributed by atoms with Gasteiger partial charge in [-0.05, 0) is 0 Å². The number of carbonyl (C=O) groups is 2. The van der Waals surface area contributed by atoms with Gasteiger partial charge in [0.15, 0.2) is 7.85 Å². The van der Waals surface area contributed by atoms with Crippen LogP contribution in [0.4, 0.5) is 0 Å². The lowest BCUT2D eigenvalue weighted by Gasteiger charge is -1.95. The molecule has 0 bridgehead atoms. The Morgan fingerprint density at radius 3 is 2.20 bits per heavy atom. The molecule has 0 saturated carbocycles. The summed E-state index contributed by atoms with van der Waals surface area (Å²) in [5, 5.41) is 10.5. The maximum Gasteiger partial charge on any atom is 0.362 e. The minimum atomic E-state index is -0.935. The Kier molecular flexibility index (Phi) is 3.17. The topological polar surface area (TPSA) is 76.0 Å². The normalized spacial score (nSPS) is 10.7. The molecule has 0 aliphatic rings. The molecule has 0 unspecified atom stereocenters. The summed E-state index contributed by atoms with van der Waals surface area (Å²) in [7, 11) is 2.20. The molecule has 0 aliphatic heterocycles. The van der Waals surface area contributed by atoms with Crippen molar-refractivity contribution in [3.63, 3.8) is 0 Å². The Hall–Kier alpha value is -1.33. The smallest absolute Gasteiger partial charge is 0.362 e. The molecule has 0 heterocycles. The summed E-state index contributed by atoms with van der Waals surface area (Å²) in [5.41, 5.74) is -1.23. The minimum absolute atomic E-state index is 0.595. The van der Waals surface area contributed by atoms with Crippen molar-refractivity contribution in [1.29, 1.82) is 0 Å². The van der Waals surface area contributed by atoms with Crippen LogP contribution in [-0.2, 0) is 14.3 Å². The monoisotopic (exact) mass is 143 g/mol. The van der Waals surface area contributed by atoms with E-state index in [1.807, 2.05) is 0 Å². The van der Waals surface area contributed by atoms with Crippen molar-refractivity contribution in [2.24, 2.45) is 5.16 Å². The van der Waals surface area contributed by atoms with E-state index >= 15 is 0 Å². The molecular formula is C4H6BNO4. The van der Waals surface area contributed by atoms with Gasteiger partial charge in [-0.3, -0.25) is 0 Å². The summed E-state index contributed by atoms with van der Waals surface area (Å²) >= 11 is 0. The predicted octanol–water partition coefficient (Wildman–Crippen LogP) is -1.85. The second-order valence-corrected chi connectivity index (χ2v) is 1.50. The maximum atomic E-state index is 10.5. The van der Waals surface area contributed by atoms with Crippen LogP contribution in [0.3, 0.4) is 0 Å². The van der Waals surface area contributed by atoms with E-state index in [4.69, 9.17) is 5.21 Å². The third-order valence-electron chi connectivity index (χ3n) is 0.812. The Morgan fingerprint density at radius 1 is 1.60 bits per heavy atom. The highest BCUT2D eigenvalue weighted by molar-refractivity contribution is 6.87. The molecule has 0 aliphatic carbocycles. The molecule has 0 rings (SSSR count). The maximum absolute atomic E-state index is 10.5.